The van der Waals surface area contributed by atoms with Gasteiger partial charge in [0.2, 0.25) is 82.7 Å². The molecule has 0 saturated carbocycles. The Morgan fingerprint density at radius 2 is 0.806 bits per heavy atom. The highest BCUT2D eigenvalue weighted by Gasteiger charge is 2.38. The van der Waals surface area contributed by atoms with Crippen molar-refractivity contribution in [3.05, 3.63) is 0 Å². The molecule has 0 heterocycles. The molecule has 0 aromatic heterocycles. The molecular formula is C52H85N15O24S2. The van der Waals surface area contributed by atoms with E-state index in [0.29, 0.717) is 0 Å². The Bertz CT molecular complexity index is 2690. The van der Waals surface area contributed by atoms with Gasteiger partial charge in [0.25, 0.3) is 0 Å². The van der Waals surface area contributed by atoms with Crippen LogP contribution in [-0.2, 0) is 86.3 Å². The maximum Gasteiger partial charge on any atom is 0.327 e. The van der Waals surface area contributed by atoms with Gasteiger partial charge in [-0.3, -0.25) is 81.5 Å². The second-order valence-electron chi connectivity index (χ2n) is 21.3. The van der Waals surface area contributed by atoms with E-state index in [4.69, 9.17) is 22.9 Å². The van der Waals surface area contributed by atoms with Crippen molar-refractivity contribution in [3.8, 4) is 0 Å². The van der Waals surface area contributed by atoms with E-state index in [1.165, 1.54) is 6.92 Å². The number of carbonyl (C=O) groups excluding carboxylic acids is 14. The quantitative estimate of drug-likeness (QED) is 0.0269. The van der Waals surface area contributed by atoms with Crippen LogP contribution in [0.15, 0.2) is 0 Å². The first-order valence-electron chi connectivity index (χ1n) is 28.5. The van der Waals surface area contributed by atoms with Crippen LogP contribution in [-0.4, -0.2) is 246 Å². The maximum atomic E-state index is 14.0. The van der Waals surface area contributed by atoms with Gasteiger partial charge >= 0.3 is 23.9 Å². The Kier molecular flexibility index (Phi) is 39.5. The minimum atomic E-state index is -2.06. The predicted octanol–water partition coefficient (Wildman–Crippen LogP) is -9.63. The van der Waals surface area contributed by atoms with E-state index >= 15 is 0 Å². The first-order chi connectivity index (χ1) is 43.3. The lowest BCUT2D eigenvalue weighted by molar-refractivity contribution is -0.142. The number of rotatable bonds is 48. The molecule has 0 bridgehead atoms. The van der Waals surface area contributed by atoms with Crippen molar-refractivity contribution in [2.24, 2.45) is 34.8 Å². The number of thioether (sulfide) groups is 2. The second-order valence-corrected chi connectivity index (χ2v) is 23.3. The molecule has 39 nitrogen and oxygen atoms in total. The Morgan fingerprint density at radius 1 is 0.430 bits per heavy atom. The van der Waals surface area contributed by atoms with Gasteiger partial charge in [0, 0.05) is 30.8 Å². The van der Waals surface area contributed by atoms with Crippen molar-refractivity contribution in [2.45, 2.75) is 159 Å². The second kappa shape index (κ2) is 43.7. The number of aliphatic hydroxyl groups is 2. The normalized spacial score (nSPS) is 14.8. The third-order valence-electron chi connectivity index (χ3n) is 12.8. The molecule has 0 aromatic carbocycles. The van der Waals surface area contributed by atoms with Gasteiger partial charge in [-0.1, -0.05) is 34.1 Å². The Labute approximate surface area is 540 Å². The number of nitrogens with two attached hydrogens (primary N) is 4. The summed E-state index contributed by atoms with van der Waals surface area (Å²) in [4.78, 5) is 229. The van der Waals surface area contributed by atoms with Crippen LogP contribution >= 0.6 is 23.5 Å². The molecule has 0 aliphatic rings. The summed E-state index contributed by atoms with van der Waals surface area (Å²) in [7, 11) is 0. The van der Waals surface area contributed by atoms with Crippen molar-refractivity contribution < 1.29 is 117 Å². The average Bonchev–Trinajstić information content (AvgIpc) is 1.24. The molecule has 0 spiro atoms. The van der Waals surface area contributed by atoms with Crippen LogP contribution in [0.3, 0.4) is 0 Å². The van der Waals surface area contributed by atoms with Gasteiger partial charge in [-0.05, 0) is 44.4 Å². The van der Waals surface area contributed by atoms with E-state index < -0.39 is 244 Å². The van der Waals surface area contributed by atoms with Gasteiger partial charge in [-0.2, -0.15) is 0 Å². The van der Waals surface area contributed by atoms with Crippen LogP contribution in [0.2, 0.25) is 0 Å². The summed E-state index contributed by atoms with van der Waals surface area (Å²) in [6.07, 6.45) is -7.60. The number of primary amides is 3. The van der Waals surface area contributed by atoms with Gasteiger partial charge in [-0.25, -0.2) is 4.79 Å². The molecule has 524 valence electrons. The SMILES string of the molecule is CC[C@H](C)[C@H](NC(=O)[C@@H](NC(=O)[C@H](CCC(=O)O)NC(=O)[C@H](CCC(=O)O)NC(=O)[C@H](CCC(=O)O)NC(=O)CNC(=O)[C@H](CC(C)C)NC(=O)CNC(=O)[C@H](CO)NC(=O)[C@@H](N)CSCC(N)=O)[C@@H](C)O)C(=O)N[C@@H](CC(N)=O)C(=O)N[C@@H](CSCC(N)=O)C(=O)O. The summed E-state index contributed by atoms with van der Waals surface area (Å²) in [6, 6.07) is -17.3. The van der Waals surface area contributed by atoms with Gasteiger partial charge in [0.15, 0.2) is 0 Å². The monoisotopic (exact) mass is 1370 g/mol. The number of amides is 14. The van der Waals surface area contributed by atoms with Gasteiger partial charge in [0.1, 0.15) is 54.4 Å². The van der Waals surface area contributed by atoms with Crippen molar-refractivity contribution in [2.75, 3.05) is 42.7 Å². The van der Waals surface area contributed by atoms with E-state index in [2.05, 4.69) is 58.5 Å². The third-order valence-corrected chi connectivity index (χ3v) is 14.9. The predicted molar refractivity (Wildman–Crippen MR) is 324 cm³/mol. The molecular weight excluding hydrogens is 1280 g/mol. The highest BCUT2D eigenvalue weighted by atomic mass is 32.2. The molecule has 0 aromatic rings. The number of nitrogens with one attached hydrogen (secondary N) is 11. The Balaban J connectivity index is 6.56. The molecule has 14 amide bonds. The van der Waals surface area contributed by atoms with E-state index in [1.54, 1.807) is 20.8 Å². The van der Waals surface area contributed by atoms with Crippen LogP contribution in [0, 0.1) is 11.8 Å². The summed E-state index contributed by atoms with van der Waals surface area (Å²) in [5, 5.41) is 82.8. The fourth-order valence-corrected chi connectivity index (χ4v) is 9.27. The number of hydrogen-bond acceptors (Lipinski definition) is 23. The van der Waals surface area contributed by atoms with Crippen LogP contribution in [0.1, 0.15) is 92.4 Å². The van der Waals surface area contributed by atoms with E-state index in [1.807, 2.05) is 0 Å². The Morgan fingerprint density at radius 3 is 1.22 bits per heavy atom. The van der Waals surface area contributed by atoms with E-state index in [0.717, 1.165) is 30.4 Å². The van der Waals surface area contributed by atoms with E-state index in [9.17, 15) is 117 Å². The number of carboxylic acids is 4. The van der Waals surface area contributed by atoms with Gasteiger partial charge < -0.3 is 112 Å². The highest BCUT2D eigenvalue weighted by molar-refractivity contribution is 8.00. The van der Waals surface area contributed by atoms with Crippen LogP contribution in [0.4, 0.5) is 0 Å². The first-order valence-corrected chi connectivity index (χ1v) is 30.8. The lowest BCUT2D eigenvalue weighted by Crippen LogP contribution is -2.62. The van der Waals surface area contributed by atoms with Crippen molar-refractivity contribution in [1.29, 1.82) is 0 Å². The minimum absolute atomic E-state index is 0.0662. The number of carboxylic acid groups (broad SMARTS) is 4. The molecule has 12 atom stereocenters. The lowest BCUT2D eigenvalue weighted by atomic mass is 9.96. The fraction of sp³-hybridized carbons (Fsp3) is 0.654. The third kappa shape index (κ3) is 35.4. The summed E-state index contributed by atoms with van der Waals surface area (Å²) in [6.45, 7) is 4.61. The summed E-state index contributed by atoms with van der Waals surface area (Å²) in [5.41, 5.74) is 21.2. The summed E-state index contributed by atoms with van der Waals surface area (Å²) in [5.74, 6) is -23.7. The molecule has 0 saturated heterocycles. The van der Waals surface area contributed by atoms with Crippen LogP contribution in [0.5, 0.6) is 0 Å². The molecule has 0 radical (unpaired) electrons. The van der Waals surface area contributed by atoms with E-state index in [-0.39, 0.29) is 41.8 Å². The molecule has 0 fully saturated rings. The van der Waals surface area contributed by atoms with Crippen molar-refractivity contribution in [3.63, 3.8) is 0 Å². The fourth-order valence-electron chi connectivity index (χ4n) is 7.76. The zero-order valence-corrected chi connectivity index (χ0v) is 53.1. The lowest BCUT2D eigenvalue weighted by Gasteiger charge is -2.30. The molecule has 0 unspecified atom stereocenters. The number of hydrogen-bond donors (Lipinski definition) is 21. The zero-order valence-electron chi connectivity index (χ0n) is 51.5. The minimum Gasteiger partial charge on any atom is -0.481 e. The standard InChI is InChI=1S/C52H85N15O24S2/c1-6-23(4)41(50(88)63-30(14-33(54)70)49(87)65-32(52(90)91)19-93-21-35(56)72)66-51(89)42(24(5)69)67-48(86)28(9-12-40(79)80)62-47(85)27(8-11-39(77)78)61-46(84)26(7-10-38(75)76)59-36(73)15-57-44(82)29(13-22(2)3)60-37(74)16-58-45(83)31(17-68)64-43(81)25(53)18-92-20-34(55)71/h22-32,41-42,68-69H,6-21,53H2,1-5H3,(H2,54,70)(H2,55,71)(H2,56,72)(H,57,82)(H,58,83)(H,59,73)(H,60,74)(H,61,84)(H,62,85)(H,63,88)(H,64,81)(H,65,87)(H,66,89)(H,67,86)(H,75,76)(H,77,78)(H,79,80)(H,90,91)/t23-,24+,25-,26-,27-,28-,29-,30-,31-,32-,41-,42-/m0/s1. The molecule has 93 heavy (non-hydrogen) atoms. The van der Waals surface area contributed by atoms with Gasteiger partial charge in [-0.15, -0.1) is 23.5 Å². The topological polar surface area (TPSA) is 665 Å². The number of carbonyl (C=O) groups is 18. The maximum absolute atomic E-state index is 14.0. The number of aliphatic carboxylic acids is 4. The molecule has 41 heteroatoms. The molecule has 0 aliphatic carbocycles. The largest absolute Gasteiger partial charge is 0.481 e. The van der Waals surface area contributed by atoms with Crippen LogP contribution < -0.4 is 81.4 Å². The highest BCUT2D eigenvalue weighted by Crippen LogP contribution is 2.13. The van der Waals surface area contributed by atoms with Crippen molar-refractivity contribution in [1.82, 2.24) is 58.5 Å². The van der Waals surface area contributed by atoms with Gasteiger partial charge in [0.05, 0.1) is 49.8 Å². The first kappa shape index (κ1) is 84.0. The summed E-state index contributed by atoms with van der Waals surface area (Å²) < 4.78 is 0. The zero-order chi connectivity index (χ0) is 71.4. The van der Waals surface area contributed by atoms with Crippen molar-refractivity contribution >= 4 is 130 Å². The molecule has 0 rings (SSSR count). The molecule has 25 N–H and O–H groups in total. The average molecular weight is 1370 g/mol. The molecule has 0 aliphatic heterocycles. The summed E-state index contributed by atoms with van der Waals surface area (Å²) >= 11 is 1.68. The number of aliphatic hydroxyl groups excluding tert-OH is 2. The smallest absolute Gasteiger partial charge is 0.327 e. The van der Waals surface area contributed by atoms with Crippen LogP contribution in [0.25, 0.3) is 0 Å². The Hall–Kier alpha value is -8.96.